The first kappa shape index (κ1) is 27.4. The van der Waals surface area contributed by atoms with Gasteiger partial charge in [-0.05, 0) is 54.8 Å². The van der Waals surface area contributed by atoms with Gasteiger partial charge in [0.05, 0.1) is 17.9 Å². The number of anilines is 2. The van der Waals surface area contributed by atoms with Crippen molar-refractivity contribution in [3.8, 4) is 0 Å². The van der Waals surface area contributed by atoms with E-state index in [-0.39, 0.29) is 42.2 Å². The lowest BCUT2D eigenvalue weighted by Gasteiger charge is -2.21. The molecule has 1 fully saturated rings. The van der Waals surface area contributed by atoms with E-state index in [1.807, 2.05) is 0 Å². The van der Waals surface area contributed by atoms with Crippen LogP contribution in [0.15, 0.2) is 54.4 Å². The molecule has 0 aromatic heterocycles. The van der Waals surface area contributed by atoms with Crippen molar-refractivity contribution >= 4 is 23.0 Å². The summed E-state index contributed by atoms with van der Waals surface area (Å²) < 4.78 is 74.6. The van der Waals surface area contributed by atoms with E-state index in [9.17, 15) is 31.9 Å². The molecule has 2 aromatic carbocycles. The zero-order valence-corrected chi connectivity index (χ0v) is 20.4. The number of carbonyl (C=O) groups is 1. The average molecular weight is 539 g/mol. The summed E-state index contributed by atoms with van der Waals surface area (Å²) in [6.45, 7) is 2.46. The highest BCUT2D eigenvalue weighted by Gasteiger charge is 2.35. The molecule has 4 N–H and O–H groups in total. The average Bonchev–Trinajstić information content (AvgIpc) is 3.26. The number of alkyl halides is 4. The number of hydrogen-bond acceptors (Lipinski definition) is 5. The van der Waals surface area contributed by atoms with Gasteiger partial charge in [0.2, 0.25) is 0 Å². The van der Waals surface area contributed by atoms with Crippen LogP contribution in [-0.4, -0.2) is 48.1 Å². The number of hydrogen-bond donors (Lipinski definition) is 4. The lowest BCUT2D eigenvalue weighted by molar-refractivity contribution is -0.138. The zero-order valence-electron chi connectivity index (χ0n) is 20.4. The monoisotopic (exact) mass is 538 g/mol. The summed E-state index contributed by atoms with van der Waals surface area (Å²) >= 11 is 0. The fraction of sp³-hybridized carbons (Fsp3) is 0.346. The minimum absolute atomic E-state index is 0.0280. The topological polar surface area (TPSA) is 85.9 Å². The van der Waals surface area contributed by atoms with Crippen LogP contribution in [0.1, 0.15) is 30.0 Å². The minimum atomic E-state index is -4.69. The largest absolute Gasteiger partial charge is 0.493 e. The number of benzene rings is 2. The second-order valence-corrected chi connectivity index (χ2v) is 8.91. The normalized spacial score (nSPS) is 19.9. The standard InChI is InChI=1S/C26H27F5N4O3/c1-2-38-23-10-17(12-32-24(23)36)15-4-6-22(21(28)9-15)34-25(37)33-19-5-3-16(20(11-19)26(29,30)31)13-35-8-7-18(27)14-35/h3-6,9-12,18,24,32,36H,2,7-8,13-14H2,1H3,(H2,33,34,37)/t18-,24?/m0/s1. The number of likely N-dealkylation sites (tertiary alicyclic amines) is 1. The third-order valence-electron chi connectivity index (χ3n) is 6.11. The minimum Gasteiger partial charge on any atom is -0.493 e. The zero-order chi connectivity index (χ0) is 27.4. The van der Waals surface area contributed by atoms with Crippen LogP contribution in [0.5, 0.6) is 0 Å². The SMILES string of the molecule is CCOC1=CC(c2ccc(NC(=O)Nc3ccc(CN4CC[C@H](F)C4)c(C(F)(F)F)c3)c(F)c2)=CNC1O. The Bertz CT molecular complexity index is 1250. The lowest BCUT2D eigenvalue weighted by Crippen LogP contribution is -2.30. The highest BCUT2D eigenvalue weighted by molar-refractivity contribution is 6.00. The van der Waals surface area contributed by atoms with Crippen LogP contribution in [0.3, 0.4) is 0 Å². The van der Waals surface area contributed by atoms with Crippen LogP contribution in [0.25, 0.3) is 5.57 Å². The van der Waals surface area contributed by atoms with E-state index in [2.05, 4.69) is 16.0 Å². The number of nitrogens with zero attached hydrogens (tertiary/aromatic N) is 1. The van der Waals surface area contributed by atoms with E-state index in [4.69, 9.17) is 4.74 Å². The molecule has 2 atom stereocenters. The number of allylic oxidation sites excluding steroid dienone is 2. The Morgan fingerprint density at radius 2 is 2.00 bits per heavy atom. The van der Waals surface area contributed by atoms with E-state index in [0.29, 0.717) is 24.3 Å². The van der Waals surface area contributed by atoms with Crippen molar-refractivity contribution in [2.24, 2.45) is 0 Å². The lowest BCUT2D eigenvalue weighted by atomic mass is 10.0. The summed E-state index contributed by atoms with van der Waals surface area (Å²) in [5, 5.41) is 17.2. The molecule has 4 rings (SSSR count). The number of aliphatic hydroxyl groups excluding tert-OH is 1. The van der Waals surface area contributed by atoms with Gasteiger partial charge in [-0.15, -0.1) is 0 Å². The molecule has 204 valence electrons. The molecule has 2 heterocycles. The van der Waals surface area contributed by atoms with Crippen LogP contribution in [0.2, 0.25) is 0 Å². The van der Waals surface area contributed by atoms with Crippen molar-refractivity contribution in [3.05, 3.63) is 76.9 Å². The highest BCUT2D eigenvalue weighted by Crippen LogP contribution is 2.35. The molecular formula is C26H27F5N4O3. The molecule has 2 aliphatic heterocycles. The van der Waals surface area contributed by atoms with Crippen molar-refractivity contribution in [1.29, 1.82) is 0 Å². The van der Waals surface area contributed by atoms with Crippen molar-refractivity contribution in [2.75, 3.05) is 30.3 Å². The molecule has 0 saturated carbocycles. The van der Waals surface area contributed by atoms with Gasteiger partial charge in [-0.25, -0.2) is 13.6 Å². The number of dihydropyridines is 1. The van der Waals surface area contributed by atoms with Crippen molar-refractivity contribution in [2.45, 2.75) is 38.5 Å². The van der Waals surface area contributed by atoms with Gasteiger partial charge < -0.3 is 25.8 Å². The first-order valence-electron chi connectivity index (χ1n) is 12.0. The predicted octanol–water partition coefficient (Wildman–Crippen LogP) is 5.22. The molecular weight excluding hydrogens is 511 g/mol. The van der Waals surface area contributed by atoms with Crippen molar-refractivity contribution in [3.63, 3.8) is 0 Å². The first-order valence-corrected chi connectivity index (χ1v) is 12.0. The molecule has 2 aliphatic rings. The van der Waals surface area contributed by atoms with E-state index in [1.165, 1.54) is 30.5 Å². The van der Waals surface area contributed by atoms with Crippen LogP contribution in [-0.2, 0) is 17.5 Å². The van der Waals surface area contributed by atoms with Gasteiger partial charge in [0.15, 0.2) is 6.23 Å². The Balaban J connectivity index is 1.44. The summed E-state index contributed by atoms with van der Waals surface area (Å²) in [6, 6.07) is 6.42. The highest BCUT2D eigenvalue weighted by atomic mass is 19.4. The fourth-order valence-electron chi connectivity index (χ4n) is 4.29. The van der Waals surface area contributed by atoms with Gasteiger partial charge >= 0.3 is 12.2 Å². The number of rotatable bonds is 7. The smallest absolute Gasteiger partial charge is 0.416 e. The van der Waals surface area contributed by atoms with Crippen LogP contribution in [0, 0.1) is 5.82 Å². The summed E-state index contributed by atoms with van der Waals surface area (Å²) in [5.74, 6) is -0.512. The second kappa shape index (κ2) is 11.4. The molecule has 0 bridgehead atoms. The Labute approximate surface area is 216 Å². The maximum absolute atomic E-state index is 14.7. The number of halogens is 5. The number of carbonyl (C=O) groups excluding carboxylic acids is 1. The Morgan fingerprint density at radius 1 is 1.21 bits per heavy atom. The number of ether oxygens (including phenoxy) is 1. The van der Waals surface area contributed by atoms with Crippen LogP contribution in [0.4, 0.5) is 38.1 Å². The quantitative estimate of drug-likeness (QED) is 0.364. The van der Waals surface area contributed by atoms with Gasteiger partial charge in [-0.2, -0.15) is 13.2 Å². The summed E-state index contributed by atoms with van der Waals surface area (Å²) in [7, 11) is 0. The third kappa shape index (κ3) is 6.62. The van der Waals surface area contributed by atoms with Gasteiger partial charge in [0.1, 0.15) is 17.7 Å². The molecule has 0 spiro atoms. The van der Waals surface area contributed by atoms with Gasteiger partial charge in [0.25, 0.3) is 0 Å². The third-order valence-corrected chi connectivity index (χ3v) is 6.11. The summed E-state index contributed by atoms with van der Waals surface area (Å²) in [4.78, 5) is 14.0. The van der Waals surface area contributed by atoms with E-state index in [1.54, 1.807) is 17.9 Å². The van der Waals surface area contributed by atoms with Gasteiger partial charge in [-0.3, -0.25) is 4.90 Å². The Hall–Kier alpha value is -3.64. The molecule has 7 nitrogen and oxygen atoms in total. The number of aliphatic hydroxyl groups is 1. The molecule has 2 aromatic rings. The molecule has 0 radical (unpaired) electrons. The molecule has 0 aliphatic carbocycles. The first-order chi connectivity index (χ1) is 18.0. The van der Waals surface area contributed by atoms with Gasteiger partial charge in [0, 0.05) is 37.1 Å². The van der Waals surface area contributed by atoms with E-state index in [0.717, 1.165) is 12.1 Å². The van der Waals surface area contributed by atoms with Crippen LogP contribution >= 0.6 is 0 Å². The number of urea groups is 1. The second-order valence-electron chi connectivity index (χ2n) is 8.91. The fourth-order valence-corrected chi connectivity index (χ4v) is 4.29. The van der Waals surface area contributed by atoms with Gasteiger partial charge in [-0.1, -0.05) is 12.1 Å². The molecule has 1 saturated heterocycles. The maximum atomic E-state index is 14.7. The summed E-state index contributed by atoms with van der Waals surface area (Å²) in [5.41, 5.74) is -0.318. The van der Waals surface area contributed by atoms with E-state index >= 15 is 0 Å². The molecule has 12 heteroatoms. The summed E-state index contributed by atoms with van der Waals surface area (Å²) in [6.07, 6.45) is -3.44. The Morgan fingerprint density at radius 3 is 2.66 bits per heavy atom. The van der Waals surface area contributed by atoms with Crippen molar-refractivity contribution in [1.82, 2.24) is 10.2 Å². The number of nitrogens with one attached hydrogen (secondary N) is 3. The maximum Gasteiger partial charge on any atom is 0.416 e. The van der Waals surface area contributed by atoms with Crippen LogP contribution < -0.4 is 16.0 Å². The molecule has 1 unspecified atom stereocenters. The molecule has 2 amide bonds. The van der Waals surface area contributed by atoms with Crippen molar-refractivity contribution < 1.29 is 36.6 Å². The molecule has 38 heavy (non-hydrogen) atoms. The van der Waals surface area contributed by atoms with E-state index < -0.39 is 36.0 Å². The predicted molar refractivity (Wildman–Crippen MR) is 132 cm³/mol. The number of amides is 2. The Kier molecular flexibility index (Phi) is 8.22.